The van der Waals surface area contributed by atoms with Gasteiger partial charge in [-0.15, -0.1) is 11.3 Å². The van der Waals surface area contributed by atoms with E-state index in [9.17, 15) is 5.11 Å². The first-order valence-electron chi connectivity index (χ1n) is 13.9. The van der Waals surface area contributed by atoms with E-state index in [0.717, 1.165) is 31.9 Å². The van der Waals surface area contributed by atoms with Crippen LogP contribution in [0.3, 0.4) is 0 Å². The molecule has 1 N–H and O–H groups in total. The minimum Gasteiger partial charge on any atom is -0.394 e. The zero-order valence-electron chi connectivity index (χ0n) is 22.6. The molecule has 1 aromatic heterocycles. The summed E-state index contributed by atoms with van der Waals surface area (Å²) < 4.78 is 27.5. The van der Waals surface area contributed by atoms with Crippen LogP contribution in [0, 0.1) is 0 Å². The van der Waals surface area contributed by atoms with Gasteiger partial charge in [0.1, 0.15) is 35.5 Å². The van der Waals surface area contributed by atoms with E-state index in [1.165, 1.54) is 0 Å². The molecule has 0 spiro atoms. The highest BCUT2D eigenvalue weighted by Gasteiger charge is 2.49. The van der Waals surface area contributed by atoms with Crippen molar-refractivity contribution in [3.63, 3.8) is 0 Å². The minimum atomic E-state index is -0.631. The Morgan fingerprint density at radius 1 is 0.610 bits per heavy atom. The number of benzene rings is 4. The molecular formula is C34H33NO5S. The Labute approximate surface area is 244 Å². The second-order valence-corrected chi connectivity index (χ2v) is 11.1. The molecule has 5 atom stereocenters. The van der Waals surface area contributed by atoms with Gasteiger partial charge in [-0.2, -0.15) is 0 Å². The molecular weight excluding hydrogens is 534 g/mol. The summed E-state index contributed by atoms with van der Waals surface area (Å²) in [5.41, 5.74) is 4.02. The number of aliphatic hydroxyl groups is 1. The van der Waals surface area contributed by atoms with Gasteiger partial charge < -0.3 is 24.1 Å². The number of hydrogen-bond acceptors (Lipinski definition) is 7. The molecule has 0 aliphatic carbocycles. The van der Waals surface area contributed by atoms with Crippen molar-refractivity contribution in [2.45, 2.75) is 50.3 Å². The monoisotopic (exact) mass is 567 g/mol. The molecule has 7 heteroatoms. The van der Waals surface area contributed by atoms with Gasteiger partial charge in [0, 0.05) is 0 Å². The van der Waals surface area contributed by atoms with Gasteiger partial charge in [-0.05, 0) is 28.8 Å². The van der Waals surface area contributed by atoms with Gasteiger partial charge in [0.2, 0.25) is 0 Å². The fraction of sp³-hybridized carbons (Fsp3) is 0.265. The van der Waals surface area contributed by atoms with E-state index in [1.807, 2.05) is 109 Å². The molecule has 1 aliphatic heterocycles. The predicted octanol–water partition coefficient (Wildman–Crippen LogP) is 6.48. The molecule has 6 nitrogen and oxygen atoms in total. The Morgan fingerprint density at radius 3 is 1.63 bits per heavy atom. The number of nitrogens with zero attached hydrogens (tertiary/aromatic N) is 1. The lowest BCUT2D eigenvalue weighted by molar-refractivity contribution is -0.272. The third kappa shape index (κ3) is 6.73. The summed E-state index contributed by atoms with van der Waals surface area (Å²) in [6.07, 6.45) is -2.83. The number of para-hydroxylation sites is 1. The number of aliphatic hydroxyl groups excluding tert-OH is 1. The van der Waals surface area contributed by atoms with Gasteiger partial charge in [-0.3, -0.25) is 0 Å². The predicted molar refractivity (Wildman–Crippen MR) is 159 cm³/mol. The van der Waals surface area contributed by atoms with E-state index >= 15 is 0 Å². The summed E-state index contributed by atoms with van der Waals surface area (Å²) in [5, 5.41) is 11.3. The largest absolute Gasteiger partial charge is 0.394 e. The van der Waals surface area contributed by atoms with Crippen molar-refractivity contribution in [2.24, 2.45) is 0 Å². The second kappa shape index (κ2) is 13.5. The Kier molecular flexibility index (Phi) is 9.12. The van der Waals surface area contributed by atoms with Crippen LogP contribution in [-0.4, -0.2) is 41.1 Å². The zero-order valence-corrected chi connectivity index (χ0v) is 23.4. The maximum Gasteiger partial charge on any atom is 0.138 e. The number of fused-ring (bicyclic) bond motifs is 1. The van der Waals surface area contributed by atoms with Crippen molar-refractivity contribution in [3.8, 4) is 0 Å². The van der Waals surface area contributed by atoms with Gasteiger partial charge in [-0.1, -0.05) is 103 Å². The van der Waals surface area contributed by atoms with E-state index in [0.29, 0.717) is 19.8 Å². The van der Waals surface area contributed by atoms with Crippen molar-refractivity contribution in [1.29, 1.82) is 0 Å². The molecule has 6 rings (SSSR count). The lowest BCUT2D eigenvalue weighted by atomic mass is 9.94. The number of ether oxygens (including phenoxy) is 4. The summed E-state index contributed by atoms with van der Waals surface area (Å²) in [5.74, 6) is 0. The van der Waals surface area contributed by atoms with Crippen LogP contribution in [0.1, 0.15) is 27.8 Å². The Bertz CT molecular complexity index is 1460. The third-order valence-corrected chi connectivity index (χ3v) is 8.32. The summed E-state index contributed by atoms with van der Waals surface area (Å²) in [4.78, 5) is 4.92. The van der Waals surface area contributed by atoms with Crippen LogP contribution in [0.25, 0.3) is 10.2 Å². The third-order valence-electron chi connectivity index (χ3n) is 7.22. The summed E-state index contributed by atoms with van der Waals surface area (Å²) in [7, 11) is 0. The first kappa shape index (κ1) is 27.7. The summed E-state index contributed by atoms with van der Waals surface area (Å²) in [6, 6.07) is 38.1. The van der Waals surface area contributed by atoms with E-state index in [1.54, 1.807) is 11.3 Å². The molecule has 1 fully saturated rings. The van der Waals surface area contributed by atoms with Crippen molar-refractivity contribution in [1.82, 2.24) is 4.98 Å². The highest BCUT2D eigenvalue weighted by Crippen LogP contribution is 2.40. The molecule has 0 saturated carbocycles. The number of thiazole rings is 1. The van der Waals surface area contributed by atoms with Gasteiger partial charge in [0.25, 0.3) is 0 Å². The number of aromatic nitrogens is 1. The van der Waals surface area contributed by atoms with Gasteiger partial charge in [-0.25, -0.2) is 4.98 Å². The van der Waals surface area contributed by atoms with Crippen molar-refractivity contribution in [3.05, 3.63) is 137 Å². The van der Waals surface area contributed by atoms with E-state index in [2.05, 4.69) is 6.07 Å². The van der Waals surface area contributed by atoms with Gasteiger partial charge in [0.15, 0.2) is 0 Å². The number of hydrogen-bond donors (Lipinski definition) is 1. The average molecular weight is 568 g/mol. The Balaban J connectivity index is 1.35. The zero-order chi connectivity index (χ0) is 27.9. The molecule has 210 valence electrons. The molecule has 1 aliphatic rings. The Hall–Kier alpha value is -3.43. The first-order chi connectivity index (χ1) is 20.3. The topological polar surface area (TPSA) is 70.0 Å². The van der Waals surface area contributed by atoms with Crippen molar-refractivity contribution in [2.75, 3.05) is 6.61 Å². The van der Waals surface area contributed by atoms with E-state index in [-0.39, 0.29) is 6.61 Å². The molecule has 0 amide bonds. The molecule has 0 unspecified atom stereocenters. The summed E-state index contributed by atoms with van der Waals surface area (Å²) >= 11 is 1.58. The maximum atomic E-state index is 10.5. The van der Waals surface area contributed by atoms with E-state index < -0.39 is 30.5 Å². The van der Waals surface area contributed by atoms with Crippen molar-refractivity contribution < 1.29 is 24.1 Å². The van der Waals surface area contributed by atoms with Crippen LogP contribution in [0.15, 0.2) is 115 Å². The van der Waals surface area contributed by atoms with Crippen LogP contribution < -0.4 is 0 Å². The second-order valence-electron chi connectivity index (χ2n) is 10.1. The van der Waals surface area contributed by atoms with Gasteiger partial charge in [0.05, 0.1) is 36.6 Å². The molecule has 1 saturated heterocycles. The van der Waals surface area contributed by atoms with Crippen LogP contribution in [-0.2, 0) is 38.8 Å². The van der Waals surface area contributed by atoms with Crippen molar-refractivity contribution >= 4 is 21.6 Å². The SMILES string of the molecule is OC[C@H]1O[C@@H](c2nc3ccccc3s2)[C@H](OCc2ccccc2)[C@@H](OCc2ccccc2)[C@@H]1OCc1ccccc1. The van der Waals surface area contributed by atoms with Crippen LogP contribution in [0.2, 0.25) is 0 Å². The van der Waals surface area contributed by atoms with Gasteiger partial charge >= 0.3 is 0 Å². The lowest BCUT2D eigenvalue weighted by Crippen LogP contribution is -2.58. The van der Waals surface area contributed by atoms with Crippen LogP contribution in [0.5, 0.6) is 0 Å². The highest BCUT2D eigenvalue weighted by atomic mass is 32.1. The highest BCUT2D eigenvalue weighted by molar-refractivity contribution is 7.18. The standard InChI is InChI=1S/C34H33NO5S/c36-20-28-30(37-21-24-12-4-1-5-13-24)31(38-22-25-14-6-2-7-15-25)32(39-23-26-16-8-3-9-17-26)33(40-28)34-35-27-18-10-11-19-29(27)41-34/h1-19,28,30-33,36H,20-23H2/t28-,30-,31+,32-,33-/m1/s1. The smallest absolute Gasteiger partial charge is 0.138 e. The fourth-order valence-corrected chi connectivity index (χ4v) is 6.19. The minimum absolute atomic E-state index is 0.225. The maximum absolute atomic E-state index is 10.5. The molecule has 4 aromatic carbocycles. The quantitative estimate of drug-likeness (QED) is 0.197. The molecule has 5 aromatic rings. The fourth-order valence-electron chi connectivity index (χ4n) is 5.15. The van der Waals surface area contributed by atoms with Crippen LogP contribution >= 0.6 is 11.3 Å². The molecule has 0 bridgehead atoms. The average Bonchev–Trinajstić information content (AvgIpc) is 3.47. The lowest BCUT2D eigenvalue weighted by Gasteiger charge is -2.45. The Morgan fingerprint density at radius 2 is 1.10 bits per heavy atom. The van der Waals surface area contributed by atoms with E-state index in [4.69, 9.17) is 23.9 Å². The normalized spacial score (nSPS) is 22.6. The molecule has 0 radical (unpaired) electrons. The molecule has 41 heavy (non-hydrogen) atoms. The van der Waals surface area contributed by atoms with Crippen LogP contribution in [0.4, 0.5) is 0 Å². The number of rotatable bonds is 11. The molecule has 2 heterocycles. The summed E-state index contributed by atoms with van der Waals surface area (Å²) in [6.45, 7) is 0.870. The first-order valence-corrected chi connectivity index (χ1v) is 14.7.